The van der Waals surface area contributed by atoms with Crippen molar-refractivity contribution in [3.8, 4) is 0 Å². The van der Waals surface area contributed by atoms with Crippen LogP contribution in [0, 0.1) is 44.8 Å². The fourth-order valence-electron chi connectivity index (χ4n) is 12.4. The van der Waals surface area contributed by atoms with Crippen LogP contribution in [0.5, 0.6) is 0 Å². The van der Waals surface area contributed by atoms with Gasteiger partial charge in [0.15, 0.2) is 11.6 Å². The van der Waals surface area contributed by atoms with E-state index in [9.17, 15) is 27.6 Å². The molecule has 2 heterocycles. The minimum absolute atomic E-state index is 0.00760. The summed E-state index contributed by atoms with van der Waals surface area (Å²) >= 11 is 0. The highest BCUT2D eigenvalue weighted by Gasteiger charge is 2.85. The van der Waals surface area contributed by atoms with E-state index >= 15 is 4.79 Å². The third-order valence-electron chi connectivity index (χ3n) is 16.9. The minimum Gasteiger partial charge on any atom is -0.345 e. The molecule has 0 radical (unpaired) electrons. The van der Waals surface area contributed by atoms with Crippen LogP contribution in [0.4, 0.5) is 0 Å². The average molecular weight is 842 g/mol. The van der Waals surface area contributed by atoms with Gasteiger partial charge < -0.3 is 10.2 Å². The molecule has 0 unspecified atom stereocenters. The van der Waals surface area contributed by atoms with Gasteiger partial charge in [0.1, 0.15) is 0 Å². The number of allylic oxidation sites excluding steroid dienone is 1. The fraction of sp³-hybridized carbons (Fsp3) is 0.848. The van der Waals surface area contributed by atoms with Crippen molar-refractivity contribution >= 4 is 39.5 Å². The third kappa shape index (κ3) is 7.89. The number of nitrogens with zero attached hydrogens (tertiary/aromatic N) is 3. The summed E-state index contributed by atoms with van der Waals surface area (Å²) in [5, 5.41) is 3.23. The zero-order chi connectivity index (χ0) is 43.7. The lowest BCUT2D eigenvalue weighted by atomic mass is 9.73. The zero-order valence-electron chi connectivity index (χ0n) is 37.9. The fourth-order valence-corrected chi connectivity index (χ4v) is 13.6. The van der Waals surface area contributed by atoms with Gasteiger partial charge in [-0.1, -0.05) is 73.3 Å². The monoisotopic (exact) mass is 842 g/mol. The van der Waals surface area contributed by atoms with Crippen molar-refractivity contribution in [3.05, 3.63) is 12.7 Å². The van der Waals surface area contributed by atoms with Crippen LogP contribution in [0.3, 0.4) is 0 Å². The number of amides is 3. The molecule has 2 spiro atoms. The molecule has 4 saturated carbocycles. The Morgan fingerprint density at radius 2 is 1.54 bits per heavy atom. The molecule has 0 aromatic carbocycles. The van der Waals surface area contributed by atoms with Gasteiger partial charge in [-0.25, -0.2) is 4.72 Å². The highest BCUT2D eigenvalue weighted by Crippen LogP contribution is 2.88. The topological polar surface area (TPSA) is 153 Å². The summed E-state index contributed by atoms with van der Waals surface area (Å²) in [5.74, 6) is -2.57. The van der Waals surface area contributed by atoms with Gasteiger partial charge in [-0.2, -0.15) is 12.7 Å². The molecule has 7 atom stereocenters. The minimum atomic E-state index is -4.21. The Kier molecular flexibility index (Phi) is 12.4. The first-order valence-corrected chi connectivity index (χ1v) is 24.1. The molecule has 2 N–H and O–H groups in total. The standard InChI is InChI=1S/C46H75N5O7S/c1-12-31-26-44(31,40(56)48-59(57,58)49(11)42(6,7)8)28-36(53)34-27-46(43(9,10)45(46)22-18-23-45)29-51(34)39(55)32(41(3,4)5)25-35(52)37(30-19-15-14-16-20-30)47-38(54)33-21-17-24-50(33)13-2/h12,30-34,37H,1,13-29H2,2-11H3,(H,47,54)(H,48,56)/t31-,32-,33+,34+,37+,44-,46-/m1/s1. The Hall–Kier alpha value is -2.64. The second kappa shape index (κ2) is 15.9. The van der Waals surface area contributed by atoms with Crippen LogP contribution in [0.2, 0.25) is 0 Å². The van der Waals surface area contributed by atoms with Gasteiger partial charge in [0.05, 0.1) is 23.5 Å². The molecule has 6 aliphatic rings. The van der Waals surface area contributed by atoms with E-state index in [-0.39, 0.29) is 70.8 Å². The Morgan fingerprint density at radius 3 is 2.05 bits per heavy atom. The van der Waals surface area contributed by atoms with Crippen molar-refractivity contribution in [2.45, 2.75) is 176 Å². The van der Waals surface area contributed by atoms with Crippen molar-refractivity contribution in [2.24, 2.45) is 44.8 Å². The van der Waals surface area contributed by atoms with Crippen LogP contribution in [-0.2, 0) is 34.2 Å². The number of carbonyl (C=O) groups is 5. The summed E-state index contributed by atoms with van der Waals surface area (Å²) in [6.07, 6.45) is 11.8. The van der Waals surface area contributed by atoms with Crippen LogP contribution in [0.1, 0.15) is 152 Å². The Bertz CT molecular complexity index is 1800. The number of ketones is 2. The van der Waals surface area contributed by atoms with Gasteiger partial charge >= 0.3 is 10.2 Å². The van der Waals surface area contributed by atoms with Gasteiger partial charge in [0.25, 0.3) is 0 Å². The van der Waals surface area contributed by atoms with E-state index in [1.807, 2.05) is 20.8 Å². The second-order valence-corrected chi connectivity index (χ2v) is 23.7. The lowest BCUT2D eigenvalue weighted by Crippen LogP contribution is -2.54. The van der Waals surface area contributed by atoms with Crippen LogP contribution in [-0.4, -0.2) is 102 Å². The molecule has 6 fully saturated rings. The number of likely N-dealkylation sites (tertiary alicyclic amines) is 2. The molecule has 6 rings (SSSR count). The number of hydrogen-bond donors (Lipinski definition) is 2. The maximum Gasteiger partial charge on any atom is 0.304 e. The summed E-state index contributed by atoms with van der Waals surface area (Å²) < 4.78 is 30.1. The Labute approximate surface area is 355 Å². The lowest BCUT2D eigenvalue weighted by Gasteiger charge is -2.37. The Morgan fingerprint density at radius 1 is 0.898 bits per heavy atom. The van der Waals surface area contributed by atoms with Crippen molar-refractivity contribution in [1.82, 2.24) is 24.1 Å². The summed E-state index contributed by atoms with van der Waals surface area (Å²) in [5.41, 5.74) is -3.09. The highest BCUT2D eigenvalue weighted by atomic mass is 32.2. The number of rotatable bonds is 15. The largest absolute Gasteiger partial charge is 0.345 e. The maximum absolute atomic E-state index is 15.3. The second-order valence-electron chi connectivity index (χ2n) is 22.0. The number of fused-ring (bicyclic) bond motifs is 1. The first kappa shape index (κ1) is 45.9. The van der Waals surface area contributed by atoms with Crippen LogP contribution in [0.25, 0.3) is 0 Å². The molecule has 0 aromatic rings. The average Bonchev–Trinajstić information content (AvgIpc) is 3.66. The molecule has 59 heavy (non-hydrogen) atoms. The van der Waals surface area contributed by atoms with Crippen LogP contribution >= 0.6 is 0 Å². The van der Waals surface area contributed by atoms with Gasteiger partial charge in [0.2, 0.25) is 17.7 Å². The SMILES string of the molecule is C=C[C@@H]1C[C@]1(CC(=O)[C@@H]1C[C@@]2(CN1C(=O)[C@@H](CC(=O)[C@@H](NC(=O)[C@@H]1CCCN1CC)C1CCCCC1)C(C)(C)C)C(C)(C)C21CCC1)C(=O)NS(=O)(=O)N(C)C(C)(C)C. The first-order chi connectivity index (χ1) is 27.3. The summed E-state index contributed by atoms with van der Waals surface area (Å²) in [6.45, 7) is 23.6. The normalized spacial score (nSPS) is 31.4. The molecule has 0 aromatic heterocycles. The van der Waals surface area contributed by atoms with Crippen molar-refractivity contribution in [3.63, 3.8) is 0 Å². The van der Waals surface area contributed by atoms with E-state index in [0.29, 0.717) is 13.0 Å². The third-order valence-corrected chi connectivity index (χ3v) is 18.7. The van der Waals surface area contributed by atoms with E-state index in [1.165, 1.54) is 7.05 Å². The summed E-state index contributed by atoms with van der Waals surface area (Å²) in [6, 6.07) is -1.76. The van der Waals surface area contributed by atoms with Crippen molar-refractivity contribution in [1.29, 1.82) is 0 Å². The molecule has 4 aliphatic carbocycles. The van der Waals surface area contributed by atoms with Gasteiger partial charge in [0, 0.05) is 43.3 Å². The maximum atomic E-state index is 15.3. The quantitative estimate of drug-likeness (QED) is 0.185. The van der Waals surface area contributed by atoms with E-state index < -0.39 is 56.4 Å². The Balaban J connectivity index is 1.28. The van der Waals surface area contributed by atoms with Gasteiger partial charge in [-0.15, -0.1) is 6.58 Å². The lowest BCUT2D eigenvalue weighted by molar-refractivity contribution is -0.147. The molecule has 2 aliphatic heterocycles. The molecule has 13 heteroatoms. The predicted molar refractivity (Wildman–Crippen MR) is 229 cm³/mol. The van der Waals surface area contributed by atoms with Gasteiger partial charge in [-0.05, 0) is 113 Å². The van der Waals surface area contributed by atoms with Crippen molar-refractivity contribution < 1.29 is 32.4 Å². The number of hydrogen-bond acceptors (Lipinski definition) is 8. The van der Waals surface area contributed by atoms with Crippen LogP contribution in [0.15, 0.2) is 12.7 Å². The molecular weight excluding hydrogens is 767 g/mol. The molecule has 3 amide bonds. The van der Waals surface area contributed by atoms with E-state index in [0.717, 1.165) is 81.6 Å². The molecule has 12 nitrogen and oxygen atoms in total. The number of Topliss-reactive ketones (excluding diaryl/α,β-unsaturated/α-hetero) is 2. The number of carbonyl (C=O) groups excluding carboxylic acids is 5. The van der Waals surface area contributed by atoms with Crippen LogP contribution < -0.4 is 10.0 Å². The molecular formula is C46H75N5O7S. The summed E-state index contributed by atoms with van der Waals surface area (Å²) in [4.78, 5) is 76.7. The smallest absolute Gasteiger partial charge is 0.304 e. The van der Waals surface area contributed by atoms with E-state index in [1.54, 1.807) is 31.7 Å². The predicted octanol–water partition coefficient (Wildman–Crippen LogP) is 6.20. The molecule has 332 valence electrons. The van der Waals surface area contributed by atoms with E-state index in [2.05, 4.69) is 42.3 Å². The van der Waals surface area contributed by atoms with Crippen molar-refractivity contribution in [2.75, 3.05) is 26.7 Å². The summed E-state index contributed by atoms with van der Waals surface area (Å²) in [7, 11) is -2.80. The number of nitrogens with one attached hydrogen (secondary N) is 2. The molecule has 0 bridgehead atoms. The van der Waals surface area contributed by atoms with E-state index in [4.69, 9.17) is 0 Å². The zero-order valence-corrected chi connectivity index (χ0v) is 38.7. The number of likely N-dealkylation sites (N-methyl/N-ethyl adjacent to an activating group) is 1. The molecule has 2 saturated heterocycles. The highest BCUT2D eigenvalue weighted by molar-refractivity contribution is 7.87. The van der Waals surface area contributed by atoms with Gasteiger partial charge in [-0.3, -0.25) is 28.9 Å². The first-order valence-electron chi connectivity index (χ1n) is 22.7.